The van der Waals surface area contributed by atoms with Crippen molar-refractivity contribution in [3.63, 3.8) is 0 Å². The van der Waals surface area contributed by atoms with Crippen molar-refractivity contribution in [1.82, 2.24) is 9.97 Å². The van der Waals surface area contributed by atoms with E-state index in [1.165, 1.54) is 13.1 Å². The molecule has 1 aromatic heterocycles. The first-order valence-corrected chi connectivity index (χ1v) is 5.84. The van der Waals surface area contributed by atoms with Gasteiger partial charge in [0.1, 0.15) is 5.75 Å². The smallest absolute Gasteiger partial charge is 0.433 e. The standard InChI is InChI=1S/C12H9ClF3N3O/c1-17-11-18-9(12(14,15)16)6-10(19-11)20-8-4-2-3-7(13)5-8/h2-6H,1H3,(H,17,18,19). The second-order valence-electron chi connectivity index (χ2n) is 3.72. The van der Waals surface area contributed by atoms with Gasteiger partial charge in [-0.2, -0.15) is 18.2 Å². The Hall–Kier alpha value is -2.02. The van der Waals surface area contributed by atoms with E-state index in [4.69, 9.17) is 16.3 Å². The Morgan fingerprint density at radius 2 is 1.95 bits per heavy atom. The number of anilines is 1. The molecule has 1 heterocycles. The molecule has 0 amide bonds. The Kier molecular flexibility index (Phi) is 3.99. The molecule has 20 heavy (non-hydrogen) atoms. The fourth-order valence-electron chi connectivity index (χ4n) is 1.39. The molecule has 0 bridgehead atoms. The minimum absolute atomic E-state index is 0.183. The molecule has 0 atom stereocenters. The third-order valence-corrected chi connectivity index (χ3v) is 2.47. The van der Waals surface area contributed by atoms with Gasteiger partial charge in [0.2, 0.25) is 11.8 Å². The van der Waals surface area contributed by atoms with E-state index >= 15 is 0 Å². The zero-order chi connectivity index (χ0) is 14.8. The summed E-state index contributed by atoms with van der Waals surface area (Å²) in [5.74, 6) is -0.123. The monoisotopic (exact) mass is 303 g/mol. The molecule has 0 aliphatic rings. The zero-order valence-electron chi connectivity index (χ0n) is 10.2. The predicted octanol–water partition coefficient (Wildman–Crippen LogP) is 3.98. The first-order valence-electron chi connectivity index (χ1n) is 5.46. The Morgan fingerprint density at radius 1 is 1.20 bits per heavy atom. The summed E-state index contributed by atoms with van der Waals surface area (Å²) in [5.41, 5.74) is -1.09. The van der Waals surface area contributed by atoms with Crippen molar-refractivity contribution >= 4 is 17.5 Å². The highest BCUT2D eigenvalue weighted by Crippen LogP contribution is 2.31. The van der Waals surface area contributed by atoms with Gasteiger partial charge < -0.3 is 10.1 Å². The summed E-state index contributed by atoms with van der Waals surface area (Å²) in [6, 6.07) is 6.98. The number of nitrogens with one attached hydrogen (secondary N) is 1. The van der Waals surface area contributed by atoms with Crippen molar-refractivity contribution in [2.24, 2.45) is 0 Å². The summed E-state index contributed by atoms with van der Waals surface area (Å²) >= 11 is 5.77. The van der Waals surface area contributed by atoms with Crippen molar-refractivity contribution in [1.29, 1.82) is 0 Å². The van der Waals surface area contributed by atoms with Gasteiger partial charge in [-0.15, -0.1) is 0 Å². The number of ether oxygens (including phenoxy) is 1. The van der Waals surface area contributed by atoms with Crippen LogP contribution in [0.25, 0.3) is 0 Å². The molecule has 1 aromatic carbocycles. The number of nitrogens with zero attached hydrogens (tertiary/aromatic N) is 2. The van der Waals surface area contributed by atoms with Gasteiger partial charge in [0, 0.05) is 18.1 Å². The molecule has 0 saturated heterocycles. The van der Waals surface area contributed by atoms with E-state index in [1.54, 1.807) is 18.2 Å². The van der Waals surface area contributed by atoms with Gasteiger partial charge >= 0.3 is 6.18 Å². The summed E-state index contributed by atoms with van der Waals surface area (Å²) in [4.78, 5) is 7.13. The van der Waals surface area contributed by atoms with Crippen LogP contribution in [0.5, 0.6) is 11.6 Å². The van der Waals surface area contributed by atoms with Crippen LogP contribution in [0.15, 0.2) is 30.3 Å². The first-order chi connectivity index (χ1) is 9.38. The molecule has 4 nitrogen and oxygen atoms in total. The van der Waals surface area contributed by atoms with E-state index in [2.05, 4.69) is 15.3 Å². The number of hydrogen-bond donors (Lipinski definition) is 1. The maximum atomic E-state index is 12.7. The van der Waals surface area contributed by atoms with E-state index < -0.39 is 11.9 Å². The molecule has 2 rings (SSSR count). The van der Waals surface area contributed by atoms with Crippen molar-refractivity contribution in [2.75, 3.05) is 12.4 Å². The van der Waals surface area contributed by atoms with Crippen molar-refractivity contribution < 1.29 is 17.9 Å². The lowest BCUT2D eigenvalue weighted by Crippen LogP contribution is -2.11. The van der Waals surface area contributed by atoms with Crippen LogP contribution in [0, 0.1) is 0 Å². The second-order valence-corrected chi connectivity index (χ2v) is 4.16. The van der Waals surface area contributed by atoms with Crippen molar-refractivity contribution in [3.05, 3.63) is 41.0 Å². The molecule has 0 fully saturated rings. The number of benzene rings is 1. The highest BCUT2D eigenvalue weighted by Gasteiger charge is 2.34. The van der Waals surface area contributed by atoms with Crippen molar-refractivity contribution in [2.45, 2.75) is 6.18 Å². The molecule has 8 heteroatoms. The summed E-state index contributed by atoms with van der Waals surface area (Å²) in [5, 5.41) is 2.85. The maximum absolute atomic E-state index is 12.7. The molecule has 106 valence electrons. The SMILES string of the molecule is CNc1nc(Oc2cccc(Cl)c2)cc(C(F)(F)F)n1. The number of rotatable bonds is 3. The van der Waals surface area contributed by atoms with E-state index in [9.17, 15) is 13.2 Å². The van der Waals surface area contributed by atoms with Crippen LogP contribution in [0.2, 0.25) is 5.02 Å². The van der Waals surface area contributed by atoms with Crippen LogP contribution in [-0.2, 0) is 6.18 Å². The van der Waals surface area contributed by atoms with Crippen LogP contribution in [0.3, 0.4) is 0 Å². The zero-order valence-corrected chi connectivity index (χ0v) is 11.0. The Balaban J connectivity index is 2.36. The normalized spacial score (nSPS) is 11.2. The molecule has 0 spiro atoms. The lowest BCUT2D eigenvalue weighted by molar-refractivity contribution is -0.141. The highest BCUT2D eigenvalue weighted by molar-refractivity contribution is 6.30. The second kappa shape index (κ2) is 5.54. The summed E-state index contributed by atoms with van der Waals surface area (Å²) in [7, 11) is 1.42. The van der Waals surface area contributed by atoms with Crippen LogP contribution < -0.4 is 10.1 Å². The van der Waals surface area contributed by atoms with E-state index in [-0.39, 0.29) is 17.6 Å². The average molecular weight is 304 g/mol. The van der Waals surface area contributed by atoms with Crippen LogP contribution in [0.4, 0.5) is 19.1 Å². The quantitative estimate of drug-likeness (QED) is 0.931. The van der Waals surface area contributed by atoms with Gasteiger partial charge in [-0.1, -0.05) is 17.7 Å². The fourth-order valence-corrected chi connectivity index (χ4v) is 1.57. The summed E-state index contributed by atoms with van der Waals surface area (Å²) in [6.07, 6.45) is -4.58. The number of aromatic nitrogens is 2. The molecular weight excluding hydrogens is 295 g/mol. The summed E-state index contributed by atoms with van der Waals surface area (Å²) in [6.45, 7) is 0. The van der Waals surface area contributed by atoms with Gasteiger partial charge in [0.25, 0.3) is 0 Å². The molecule has 0 aliphatic heterocycles. The average Bonchev–Trinajstić information content (AvgIpc) is 2.37. The third-order valence-electron chi connectivity index (χ3n) is 2.24. The first kappa shape index (κ1) is 14.4. The minimum atomic E-state index is -4.58. The lowest BCUT2D eigenvalue weighted by atomic mass is 10.3. The third kappa shape index (κ3) is 3.51. The molecule has 0 aliphatic carbocycles. The lowest BCUT2D eigenvalue weighted by Gasteiger charge is -2.10. The van der Waals surface area contributed by atoms with Crippen molar-refractivity contribution in [3.8, 4) is 11.6 Å². The van der Waals surface area contributed by atoms with Gasteiger partial charge in [-0.05, 0) is 18.2 Å². The van der Waals surface area contributed by atoms with Gasteiger partial charge in [-0.25, -0.2) is 4.98 Å². The van der Waals surface area contributed by atoms with E-state index in [1.807, 2.05) is 0 Å². The number of hydrogen-bond acceptors (Lipinski definition) is 4. The highest BCUT2D eigenvalue weighted by atomic mass is 35.5. The predicted molar refractivity (Wildman–Crippen MR) is 68.1 cm³/mol. The molecule has 1 N–H and O–H groups in total. The van der Waals surface area contributed by atoms with Gasteiger partial charge in [0.15, 0.2) is 5.69 Å². The Labute approximate surface area is 117 Å². The van der Waals surface area contributed by atoms with Gasteiger partial charge in [-0.3, -0.25) is 0 Å². The van der Waals surface area contributed by atoms with E-state index in [0.717, 1.165) is 6.07 Å². The molecular formula is C12H9ClF3N3O. The largest absolute Gasteiger partial charge is 0.439 e. The molecule has 0 unspecified atom stereocenters. The number of halogens is 4. The van der Waals surface area contributed by atoms with Crippen LogP contribution in [0.1, 0.15) is 5.69 Å². The van der Waals surface area contributed by atoms with E-state index in [0.29, 0.717) is 5.02 Å². The van der Waals surface area contributed by atoms with Gasteiger partial charge in [0.05, 0.1) is 0 Å². The fraction of sp³-hybridized carbons (Fsp3) is 0.167. The Bertz CT molecular complexity index is 619. The molecule has 0 saturated carbocycles. The summed E-state index contributed by atoms with van der Waals surface area (Å²) < 4.78 is 43.3. The molecule has 2 aromatic rings. The Morgan fingerprint density at radius 3 is 2.55 bits per heavy atom. The van der Waals surface area contributed by atoms with Crippen LogP contribution in [-0.4, -0.2) is 17.0 Å². The topological polar surface area (TPSA) is 47.0 Å². The number of alkyl halides is 3. The van der Waals surface area contributed by atoms with Crippen LogP contribution >= 0.6 is 11.6 Å². The maximum Gasteiger partial charge on any atom is 0.433 e. The minimum Gasteiger partial charge on any atom is -0.439 e. The molecule has 0 radical (unpaired) electrons.